The molecule has 5 atom stereocenters. The first-order valence-corrected chi connectivity index (χ1v) is 6.90. The maximum Gasteiger partial charge on any atom is 0.303 e. The van der Waals surface area contributed by atoms with Gasteiger partial charge in [-0.2, -0.15) is 0 Å². The summed E-state index contributed by atoms with van der Waals surface area (Å²) in [5.74, 6) is -0.743. The van der Waals surface area contributed by atoms with Crippen LogP contribution in [0.4, 0.5) is 0 Å². The topological polar surface area (TPSA) is 61.8 Å². The zero-order chi connectivity index (χ0) is 14.6. The van der Waals surface area contributed by atoms with Crippen molar-refractivity contribution in [1.82, 2.24) is 0 Å². The molecule has 0 aromatic carbocycles. The standard InChI is InChI=1S/C14H24O5/c1-6-11-8(3)13(17-9(4)15)14(18-10(5)16)12(7-2)19-11/h8,11-14H,6-7H2,1-5H3. The van der Waals surface area contributed by atoms with Gasteiger partial charge in [0.05, 0.1) is 12.2 Å². The molecule has 0 aromatic heterocycles. The molecule has 1 saturated heterocycles. The van der Waals surface area contributed by atoms with Crippen LogP contribution in [0.2, 0.25) is 0 Å². The fraction of sp³-hybridized carbons (Fsp3) is 0.857. The Hall–Kier alpha value is -1.10. The molecule has 1 aliphatic heterocycles. The molecule has 0 bridgehead atoms. The Labute approximate surface area is 114 Å². The molecule has 5 unspecified atom stereocenters. The van der Waals surface area contributed by atoms with Crippen LogP contribution in [0.25, 0.3) is 0 Å². The van der Waals surface area contributed by atoms with Gasteiger partial charge in [0.2, 0.25) is 0 Å². The first kappa shape index (κ1) is 16.0. The molecule has 1 fully saturated rings. The normalized spacial score (nSPS) is 34.7. The van der Waals surface area contributed by atoms with Crippen LogP contribution in [0.5, 0.6) is 0 Å². The fourth-order valence-corrected chi connectivity index (χ4v) is 2.65. The van der Waals surface area contributed by atoms with E-state index in [1.807, 2.05) is 20.8 Å². The van der Waals surface area contributed by atoms with E-state index >= 15 is 0 Å². The van der Waals surface area contributed by atoms with Crippen molar-refractivity contribution >= 4 is 11.9 Å². The summed E-state index contributed by atoms with van der Waals surface area (Å²) in [6.07, 6.45) is 0.367. The third-order valence-electron chi connectivity index (χ3n) is 3.55. The molecule has 0 aromatic rings. The van der Waals surface area contributed by atoms with Gasteiger partial charge in [-0.25, -0.2) is 0 Å². The Morgan fingerprint density at radius 2 is 1.42 bits per heavy atom. The van der Waals surface area contributed by atoms with E-state index in [9.17, 15) is 9.59 Å². The summed E-state index contributed by atoms with van der Waals surface area (Å²) in [4.78, 5) is 22.5. The van der Waals surface area contributed by atoms with Gasteiger partial charge in [-0.3, -0.25) is 9.59 Å². The molecule has 0 amide bonds. The van der Waals surface area contributed by atoms with Gasteiger partial charge in [0.15, 0.2) is 6.10 Å². The van der Waals surface area contributed by atoms with E-state index in [1.54, 1.807) is 0 Å². The van der Waals surface area contributed by atoms with E-state index in [1.165, 1.54) is 13.8 Å². The third kappa shape index (κ3) is 3.93. The molecule has 0 spiro atoms. The quantitative estimate of drug-likeness (QED) is 0.733. The van der Waals surface area contributed by atoms with Crippen LogP contribution in [-0.4, -0.2) is 36.4 Å². The number of rotatable bonds is 4. The van der Waals surface area contributed by atoms with Gasteiger partial charge in [0, 0.05) is 19.8 Å². The highest BCUT2D eigenvalue weighted by Crippen LogP contribution is 2.33. The van der Waals surface area contributed by atoms with Crippen LogP contribution >= 0.6 is 0 Å². The van der Waals surface area contributed by atoms with E-state index in [0.717, 1.165) is 6.42 Å². The van der Waals surface area contributed by atoms with Gasteiger partial charge in [0.1, 0.15) is 6.10 Å². The minimum atomic E-state index is -0.524. The van der Waals surface area contributed by atoms with Crippen molar-refractivity contribution in [2.75, 3.05) is 0 Å². The number of esters is 2. The summed E-state index contributed by atoms with van der Waals surface area (Å²) in [6, 6.07) is 0. The summed E-state index contributed by atoms with van der Waals surface area (Å²) in [7, 11) is 0. The molecule has 1 aliphatic rings. The number of carbonyl (C=O) groups is 2. The van der Waals surface area contributed by atoms with Gasteiger partial charge >= 0.3 is 11.9 Å². The van der Waals surface area contributed by atoms with Crippen molar-refractivity contribution in [3.63, 3.8) is 0 Å². The molecule has 0 aliphatic carbocycles. The summed E-state index contributed by atoms with van der Waals surface area (Å²) < 4.78 is 16.7. The lowest BCUT2D eigenvalue weighted by atomic mass is 9.86. The monoisotopic (exact) mass is 272 g/mol. The highest BCUT2D eigenvalue weighted by Gasteiger charge is 2.46. The van der Waals surface area contributed by atoms with Crippen molar-refractivity contribution in [3.05, 3.63) is 0 Å². The molecular weight excluding hydrogens is 248 g/mol. The number of hydrogen-bond donors (Lipinski definition) is 0. The predicted molar refractivity (Wildman–Crippen MR) is 69.5 cm³/mol. The summed E-state index contributed by atoms with van der Waals surface area (Å²) in [5.41, 5.74) is 0. The summed E-state index contributed by atoms with van der Waals surface area (Å²) >= 11 is 0. The van der Waals surface area contributed by atoms with Crippen LogP contribution < -0.4 is 0 Å². The Kier molecular flexibility index (Phi) is 5.79. The average Bonchev–Trinajstić information content (AvgIpc) is 2.33. The first-order chi connectivity index (χ1) is 8.90. The molecule has 5 heteroatoms. The zero-order valence-corrected chi connectivity index (χ0v) is 12.3. The summed E-state index contributed by atoms with van der Waals surface area (Å²) in [6.45, 7) is 8.69. The Bertz CT molecular complexity index is 328. The molecule has 0 saturated carbocycles. The van der Waals surface area contributed by atoms with E-state index in [4.69, 9.17) is 14.2 Å². The van der Waals surface area contributed by atoms with Gasteiger partial charge in [-0.1, -0.05) is 20.8 Å². The second-order valence-corrected chi connectivity index (χ2v) is 5.04. The smallest absolute Gasteiger partial charge is 0.303 e. The molecule has 110 valence electrons. The lowest BCUT2D eigenvalue weighted by Crippen LogP contribution is -2.56. The first-order valence-electron chi connectivity index (χ1n) is 6.90. The van der Waals surface area contributed by atoms with Crippen molar-refractivity contribution in [3.8, 4) is 0 Å². The predicted octanol–water partition coefficient (Wildman–Crippen LogP) is 2.07. The number of carbonyl (C=O) groups excluding carboxylic acids is 2. The van der Waals surface area contributed by atoms with Crippen molar-refractivity contribution in [2.24, 2.45) is 5.92 Å². The van der Waals surface area contributed by atoms with Crippen LogP contribution in [0.1, 0.15) is 47.5 Å². The maximum atomic E-state index is 11.3. The number of hydrogen-bond acceptors (Lipinski definition) is 5. The number of ether oxygens (including phenoxy) is 3. The Balaban J connectivity index is 2.96. The fourth-order valence-electron chi connectivity index (χ4n) is 2.65. The maximum absolute atomic E-state index is 11.3. The second kappa shape index (κ2) is 6.89. The minimum absolute atomic E-state index is 0.000972. The van der Waals surface area contributed by atoms with Gasteiger partial charge in [0.25, 0.3) is 0 Å². The largest absolute Gasteiger partial charge is 0.458 e. The molecule has 5 nitrogen and oxygen atoms in total. The molecule has 0 radical (unpaired) electrons. The van der Waals surface area contributed by atoms with Crippen LogP contribution in [0.15, 0.2) is 0 Å². The van der Waals surface area contributed by atoms with Crippen molar-refractivity contribution in [1.29, 1.82) is 0 Å². The zero-order valence-electron chi connectivity index (χ0n) is 12.3. The molecular formula is C14H24O5. The third-order valence-corrected chi connectivity index (χ3v) is 3.55. The highest BCUT2D eigenvalue weighted by atomic mass is 16.6. The second-order valence-electron chi connectivity index (χ2n) is 5.04. The minimum Gasteiger partial charge on any atom is -0.458 e. The van der Waals surface area contributed by atoms with E-state index in [2.05, 4.69) is 0 Å². The Morgan fingerprint density at radius 3 is 1.84 bits per heavy atom. The summed E-state index contributed by atoms with van der Waals surface area (Å²) in [5, 5.41) is 0. The molecule has 1 rings (SSSR count). The van der Waals surface area contributed by atoms with E-state index in [0.29, 0.717) is 6.42 Å². The lowest BCUT2D eigenvalue weighted by Gasteiger charge is -2.44. The van der Waals surface area contributed by atoms with Gasteiger partial charge < -0.3 is 14.2 Å². The molecule has 1 heterocycles. The SMILES string of the molecule is CCC1OC(CC)C(OC(C)=O)C(OC(C)=O)C1C. The van der Waals surface area contributed by atoms with Crippen LogP contribution in [0, 0.1) is 5.92 Å². The van der Waals surface area contributed by atoms with Gasteiger partial charge in [-0.05, 0) is 12.8 Å². The average molecular weight is 272 g/mol. The van der Waals surface area contributed by atoms with E-state index in [-0.39, 0.29) is 30.1 Å². The van der Waals surface area contributed by atoms with Gasteiger partial charge in [-0.15, -0.1) is 0 Å². The highest BCUT2D eigenvalue weighted by molar-refractivity contribution is 5.67. The van der Waals surface area contributed by atoms with Crippen molar-refractivity contribution in [2.45, 2.75) is 71.9 Å². The Morgan fingerprint density at radius 1 is 0.947 bits per heavy atom. The van der Waals surface area contributed by atoms with Crippen molar-refractivity contribution < 1.29 is 23.8 Å². The molecule has 0 N–H and O–H groups in total. The molecule has 19 heavy (non-hydrogen) atoms. The van der Waals surface area contributed by atoms with Crippen LogP contribution in [-0.2, 0) is 23.8 Å². The van der Waals surface area contributed by atoms with Crippen LogP contribution in [0.3, 0.4) is 0 Å². The van der Waals surface area contributed by atoms with E-state index < -0.39 is 12.2 Å². The lowest BCUT2D eigenvalue weighted by molar-refractivity contribution is -0.223.